The van der Waals surface area contributed by atoms with Gasteiger partial charge in [-0.25, -0.2) is 4.90 Å². The third-order valence-electron chi connectivity index (χ3n) is 5.69. The Morgan fingerprint density at radius 3 is 2.24 bits per heavy atom. The lowest BCUT2D eigenvalue weighted by Gasteiger charge is -2.18. The predicted octanol–water partition coefficient (Wildman–Crippen LogP) is 4.10. The van der Waals surface area contributed by atoms with Crippen LogP contribution < -0.4 is 14.5 Å². The van der Waals surface area contributed by atoms with Gasteiger partial charge < -0.3 is 9.64 Å². The van der Waals surface area contributed by atoms with Crippen molar-refractivity contribution in [2.45, 2.75) is 6.42 Å². The molecule has 1 fully saturated rings. The Kier molecular flexibility index (Phi) is 5.18. The second kappa shape index (κ2) is 8.18. The molecule has 3 aromatic carbocycles. The Morgan fingerprint density at radius 2 is 1.55 bits per heavy atom. The average molecular weight is 461 g/mol. The van der Waals surface area contributed by atoms with E-state index in [9.17, 15) is 19.2 Å². The van der Waals surface area contributed by atoms with E-state index in [0.717, 1.165) is 4.90 Å². The summed E-state index contributed by atoms with van der Waals surface area (Å²) in [5.74, 6) is -2.15. The van der Waals surface area contributed by atoms with E-state index in [0.29, 0.717) is 27.5 Å². The molecule has 33 heavy (non-hydrogen) atoms. The van der Waals surface area contributed by atoms with Crippen LogP contribution in [0.5, 0.6) is 5.75 Å². The summed E-state index contributed by atoms with van der Waals surface area (Å²) < 4.78 is 5.51. The van der Waals surface area contributed by atoms with E-state index in [2.05, 4.69) is 0 Å². The molecule has 0 N–H and O–H groups in total. The van der Waals surface area contributed by atoms with Gasteiger partial charge in [-0.05, 0) is 36.4 Å². The minimum Gasteiger partial charge on any atom is -0.426 e. The zero-order valence-corrected chi connectivity index (χ0v) is 18.0. The van der Waals surface area contributed by atoms with Gasteiger partial charge in [0.2, 0.25) is 5.91 Å². The van der Waals surface area contributed by atoms with Crippen molar-refractivity contribution in [1.82, 2.24) is 0 Å². The molecular formula is C25H17ClN2O5. The number of rotatable bonds is 4. The molecule has 0 radical (unpaired) electrons. The first-order chi connectivity index (χ1) is 15.9. The van der Waals surface area contributed by atoms with Crippen LogP contribution in [0.1, 0.15) is 27.1 Å². The summed E-state index contributed by atoms with van der Waals surface area (Å²) in [7, 11) is 0. The van der Waals surface area contributed by atoms with Gasteiger partial charge in [0.1, 0.15) is 5.75 Å². The van der Waals surface area contributed by atoms with Crippen LogP contribution in [0.15, 0.2) is 72.8 Å². The minimum absolute atomic E-state index is 0.00214. The summed E-state index contributed by atoms with van der Waals surface area (Å²) in [6.45, 7) is 0.152. The van der Waals surface area contributed by atoms with Gasteiger partial charge in [-0.3, -0.25) is 19.2 Å². The molecule has 0 unspecified atom stereocenters. The van der Waals surface area contributed by atoms with Gasteiger partial charge >= 0.3 is 5.97 Å². The lowest BCUT2D eigenvalue weighted by molar-refractivity contribution is -0.139. The molecule has 3 aromatic rings. The Morgan fingerprint density at radius 1 is 0.879 bits per heavy atom. The van der Waals surface area contributed by atoms with Gasteiger partial charge in [0.25, 0.3) is 11.8 Å². The monoisotopic (exact) mass is 460 g/mol. The number of para-hydroxylation sites is 1. The first-order valence-electron chi connectivity index (χ1n) is 10.3. The molecule has 164 valence electrons. The van der Waals surface area contributed by atoms with E-state index in [1.807, 2.05) is 0 Å². The van der Waals surface area contributed by atoms with Crippen LogP contribution in [0, 0.1) is 5.92 Å². The Labute approximate surface area is 194 Å². The molecule has 3 amide bonds. The van der Waals surface area contributed by atoms with Gasteiger partial charge in [0.15, 0.2) is 0 Å². The van der Waals surface area contributed by atoms with Gasteiger partial charge in [0.05, 0.1) is 33.4 Å². The normalized spacial score (nSPS) is 17.5. The summed E-state index contributed by atoms with van der Waals surface area (Å²) in [4.78, 5) is 53.2. The van der Waals surface area contributed by atoms with Gasteiger partial charge in [-0.15, -0.1) is 0 Å². The van der Waals surface area contributed by atoms with Crippen molar-refractivity contribution < 1.29 is 23.9 Å². The first-order valence-corrected chi connectivity index (χ1v) is 10.7. The summed E-state index contributed by atoms with van der Waals surface area (Å²) in [5.41, 5.74) is 1.50. The Balaban J connectivity index is 1.32. The van der Waals surface area contributed by atoms with Crippen LogP contribution in [0.4, 0.5) is 11.4 Å². The average Bonchev–Trinajstić information content (AvgIpc) is 3.32. The number of benzene rings is 3. The van der Waals surface area contributed by atoms with Gasteiger partial charge in [-0.2, -0.15) is 0 Å². The highest BCUT2D eigenvalue weighted by molar-refractivity contribution is 6.34. The fraction of sp³-hybridized carbons (Fsp3) is 0.120. The number of hydrogen-bond donors (Lipinski definition) is 0. The van der Waals surface area contributed by atoms with Crippen LogP contribution in [-0.2, 0) is 9.59 Å². The van der Waals surface area contributed by atoms with E-state index >= 15 is 0 Å². The van der Waals surface area contributed by atoms with Crippen LogP contribution in [0.2, 0.25) is 5.02 Å². The highest BCUT2D eigenvalue weighted by Gasteiger charge is 2.38. The molecule has 1 atom stereocenters. The standard InChI is InChI=1S/C25H17ClN2O5/c26-20-10-3-4-11-21(20)27-14-15(12-22(27)29)25(32)33-17-7-5-6-16(13-17)28-23(30)18-8-1-2-9-19(18)24(28)31/h1-11,13,15H,12,14H2/t15-/m0/s1. The number of ether oxygens (including phenoxy) is 1. The van der Waals surface area contributed by atoms with E-state index in [-0.39, 0.29) is 24.6 Å². The number of carbonyl (C=O) groups excluding carboxylic acids is 4. The number of imide groups is 1. The highest BCUT2D eigenvalue weighted by Crippen LogP contribution is 2.33. The Hall–Kier alpha value is -3.97. The minimum atomic E-state index is -0.670. The number of carbonyl (C=O) groups is 4. The smallest absolute Gasteiger partial charge is 0.316 e. The summed E-state index contributed by atoms with van der Waals surface area (Å²) in [5, 5.41) is 0.425. The zero-order chi connectivity index (χ0) is 23.1. The van der Waals surface area contributed by atoms with Crippen molar-refractivity contribution in [3.8, 4) is 5.75 Å². The third-order valence-corrected chi connectivity index (χ3v) is 6.01. The van der Waals surface area contributed by atoms with Crippen molar-refractivity contribution in [1.29, 1.82) is 0 Å². The SMILES string of the molecule is O=C(Oc1cccc(N2C(=O)c3ccccc3C2=O)c1)[C@H]1CC(=O)N(c2ccccc2Cl)C1. The molecule has 0 aromatic heterocycles. The van der Waals surface area contributed by atoms with E-state index in [1.54, 1.807) is 66.7 Å². The van der Waals surface area contributed by atoms with E-state index < -0.39 is 23.7 Å². The third kappa shape index (κ3) is 3.66. The maximum Gasteiger partial charge on any atom is 0.316 e. The summed E-state index contributed by atoms with van der Waals surface area (Å²) in [6, 6.07) is 19.7. The molecule has 0 saturated carbocycles. The first kappa shape index (κ1) is 20.9. The number of esters is 1. The zero-order valence-electron chi connectivity index (χ0n) is 17.2. The second-order valence-electron chi connectivity index (χ2n) is 7.77. The number of fused-ring (bicyclic) bond motifs is 1. The van der Waals surface area contributed by atoms with Gasteiger partial charge in [0, 0.05) is 19.0 Å². The van der Waals surface area contributed by atoms with Crippen molar-refractivity contribution >= 4 is 46.7 Å². The molecule has 0 aliphatic carbocycles. The fourth-order valence-electron chi connectivity index (χ4n) is 4.08. The molecular weight excluding hydrogens is 444 g/mol. The number of nitrogens with zero attached hydrogens (tertiary/aromatic N) is 2. The quantitative estimate of drug-likeness (QED) is 0.332. The second-order valence-corrected chi connectivity index (χ2v) is 8.17. The number of hydrogen-bond acceptors (Lipinski definition) is 5. The van der Waals surface area contributed by atoms with Crippen molar-refractivity contribution in [3.05, 3.63) is 88.9 Å². The lowest BCUT2D eigenvalue weighted by Crippen LogP contribution is -2.29. The van der Waals surface area contributed by atoms with Crippen LogP contribution in [-0.4, -0.2) is 30.2 Å². The molecule has 8 heteroatoms. The molecule has 5 rings (SSSR count). The molecule has 2 aliphatic rings. The molecule has 0 bridgehead atoms. The number of amides is 3. The van der Waals surface area contributed by atoms with E-state index in [1.165, 1.54) is 11.0 Å². The molecule has 0 spiro atoms. The van der Waals surface area contributed by atoms with Gasteiger partial charge in [-0.1, -0.05) is 41.9 Å². The van der Waals surface area contributed by atoms with Crippen molar-refractivity contribution in [2.75, 3.05) is 16.3 Å². The van der Waals surface area contributed by atoms with E-state index in [4.69, 9.17) is 16.3 Å². The number of anilines is 2. The molecule has 2 aliphatic heterocycles. The van der Waals surface area contributed by atoms with Crippen LogP contribution in [0.3, 0.4) is 0 Å². The van der Waals surface area contributed by atoms with Crippen LogP contribution >= 0.6 is 11.6 Å². The van der Waals surface area contributed by atoms with Crippen LogP contribution in [0.25, 0.3) is 0 Å². The molecule has 7 nitrogen and oxygen atoms in total. The molecule has 1 saturated heterocycles. The summed E-state index contributed by atoms with van der Waals surface area (Å²) in [6.07, 6.45) is 0.00214. The highest BCUT2D eigenvalue weighted by atomic mass is 35.5. The maximum absolute atomic E-state index is 12.8. The lowest BCUT2D eigenvalue weighted by atomic mass is 10.1. The predicted molar refractivity (Wildman–Crippen MR) is 122 cm³/mol. The van der Waals surface area contributed by atoms with Crippen molar-refractivity contribution in [3.63, 3.8) is 0 Å². The number of halogens is 1. The van der Waals surface area contributed by atoms with Crippen molar-refractivity contribution in [2.24, 2.45) is 5.92 Å². The molecule has 2 heterocycles. The fourth-order valence-corrected chi connectivity index (χ4v) is 4.32. The topological polar surface area (TPSA) is 84.0 Å². The Bertz CT molecular complexity index is 1290. The maximum atomic E-state index is 12.8. The largest absolute Gasteiger partial charge is 0.426 e. The summed E-state index contributed by atoms with van der Waals surface area (Å²) >= 11 is 6.19.